The predicted molar refractivity (Wildman–Crippen MR) is 90.9 cm³/mol. The van der Waals surface area contributed by atoms with Crippen molar-refractivity contribution in [2.45, 2.75) is 33.2 Å². The Balaban J connectivity index is 2.10. The van der Waals surface area contributed by atoms with Gasteiger partial charge in [0, 0.05) is 24.3 Å². The molecule has 7 heteroatoms. The van der Waals surface area contributed by atoms with Crippen molar-refractivity contribution in [3.05, 3.63) is 52.3 Å². The second-order valence-corrected chi connectivity index (χ2v) is 5.67. The highest BCUT2D eigenvalue weighted by atomic mass is 35.5. The lowest BCUT2D eigenvalue weighted by Crippen LogP contribution is -2.09. The first-order valence-electron chi connectivity index (χ1n) is 7.59. The van der Waals surface area contributed by atoms with E-state index in [0.717, 1.165) is 25.0 Å². The molecule has 0 unspecified atom stereocenters. The molecule has 0 aliphatic rings. The van der Waals surface area contributed by atoms with Crippen LogP contribution in [0.4, 0.5) is 14.5 Å². The highest BCUT2D eigenvalue weighted by molar-refractivity contribution is 6.31. The van der Waals surface area contributed by atoms with Crippen molar-refractivity contribution in [3.8, 4) is 0 Å². The summed E-state index contributed by atoms with van der Waals surface area (Å²) < 4.78 is 28.0. The fourth-order valence-electron chi connectivity index (χ4n) is 2.14. The first-order valence-corrected chi connectivity index (χ1v) is 7.97. The zero-order valence-corrected chi connectivity index (χ0v) is 14.2. The summed E-state index contributed by atoms with van der Waals surface area (Å²) >= 11 is 6.27. The number of carbonyl (C=O) groups is 1. The number of carbonyl (C=O) groups excluding carboxylic acids is 1. The fraction of sp³-hybridized carbons (Fsp3) is 0.294. The number of hydrogen-bond acceptors (Lipinski definition) is 2. The predicted octanol–water partition coefficient (Wildman–Crippen LogP) is 4.58. The first-order chi connectivity index (χ1) is 11.4. The Morgan fingerprint density at radius 2 is 2.17 bits per heavy atom. The van der Waals surface area contributed by atoms with E-state index in [1.165, 1.54) is 12.2 Å². The van der Waals surface area contributed by atoms with E-state index < -0.39 is 17.5 Å². The number of hydrogen-bond donors (Lipinski definition) is 1. The van der Waals surface area contributed by atoms with Crippen LogP contribution in [0, 0.1) is 18.6 Å². The Bertz CT molecular complexity index is 771. The van der Waals surface area contributed by atoms with E-state index in [4.69, 9.17) is 11.6 Å². The van der Waals surface area contributed by atoms with Crippen LogP contribution in [0.3, 0.4) is 0 Å². The molecule has 0 aliphatic heterocycles. The highest BCUT2D eigenvalue weighted by Gasteiger charge is 2.11. The van der Waals surface area contributed by atoms with Crippen LogP contribution in [-0.2, 0) is 11.3 Å². The average molecular weight is 354 g/mol. The molecule has 0 spiro atoms. The lowest BCUT2D eigenvalue weighted by Gasteiger charge is -2.03. The largest absolute Gasteiger partial charge is 0.320 e. The zero-order chi connectivity index (χ0) is 17.7. The van der Waals surface area contributed by atoms with Gasteiger partial charge in [-0.2, -0.15) is 5.10 Å². The molecule has 1 heterocycles. The van der Waals surface area contributed by atoms with Gasteiger partial charge in [0.05, 0.1) is 11.4 Å². The molecular weight excluding hydrogens is 336 g/mol. The van der Waals surface area contributed by atoms with E-state index >= 15 is 0 Å². The van der Waals surface area contributed by atoms with Gasteiger partial charge in [-0.3, -0.25) is 9.48 Å². The van der Waals surface area contributed by atoms with Gasteiger partial charge < -0.3 is 5.32 Å². The van der Waals surface area contributed by atoms with Gasteiger partial charge >= 0.3 is 0 Å². The summed E-state index contributed by atoms with van der Waals surface area (Å²) in [5.41, 5.74) is 1.25. The van der Waals surface area contributed by atoms with E-state index in [1.807, 2.05) is 0 Å². The minimum atomic E-state index is -0.835. The van der Waals surface area contributed by atoms with E-state index in [1.54, 1.807) is 11.6 Å². The van der Waals surface area contributed by atoms with Gasteiger partial charge in [0.2, 0.25) is 5.91 Å². The molecule has 128 valence electrons. The van der Waals surface area contributed by atoms with Crippen molar-refractivity contribution >= 4 is 29.3 Å². The van der Waals surface area contributed by atoms with Crippen LogP contribution in [0.1, 0.15) is 31.0 Å². The summed E-state index contributed by atoms with van der Waals surface area (Å²) in [4.78, 5) is 11.9. The van der Waals surface area contributed by atoms with Gasteiger partial charge in [-0.15, -0.1) is 0 Å². The Hall–Kier alpha value is -2.21. The second kappa shape index (κ2) is 8.06. The van der Waals surface area contributed by atoms with Crippen molar-refractivity contribution in [1.82, 2.24) is 9.78 Å². The normalized spacial score (nSPS) is 11.2. The third kappa shape index (κ3) is 4.41. The third-order valence-corrected chi connectivity index (χ3v) is 3.82. The Morgan fingerprint density at radius 1 is 1.42 bits per heavy atom. The SMILES string of the molecule is CCCCn1nc(C)c(/C=C/C(=O)Nc2ccc(F)cc2F)c1Cl. The number of nitrogens with one attached hydrogen (secondary N) is 1. The molecule has 1 aromatic heterocycles. The smallest absolute Gasteiger partial charge is 0.248 e. The molecule has 4 nitrogen and oxygen atoms in total. The van der Waals surface area contributed by atoms with Crippen molar-refractivity contribution in [2.24, 2.45) is 0 Å². The topological polar surface area (TPSA) is 46.9 Å². The van der Waals surface area contributed by atoms with Crippen molar-refractivity contribution in [3.63, 3.8) is 0 Å². The quantitative estimate of drug-likeness (QED) is 0.773. The summed E-state index contributed by atoms with van der Waals surface area (Å²) in [7, 11) is 0. The van der Waals surface area contributed by atoms with Crippen molar-refractivity contribution in [1.29, 1.82) is 0 Å². The van der Waals surface area contributed by atoms with Gasteiger partial charge in [0.15, 0.2) is 0 Å². The molecule has 0 radical (unpaired) electrons. The number of benzene rings is 1. The molecule has 1 amide bonds. The standard InChI is InChI=1S/C17H18ClF2N3O/c1-3-4-9-23-17(18)13(11(2)22-23)6-8-16(24)21-15-7-5-12(19)10-14(15)20/h5-8,10H,3-4,9H2,1-2H3,(H,21,24)/b8-6+. The lowest BCUT2D eigenvalue weighted by molar-refractivity contribution is -0.111. The maximum Gasteiger partial charge on any atom is 0.248 e. The van der Waals surface area contributed by atoms with Crippen LogP contribution in [0.15, 0.2) is 24.3 Å². The lowest BCUT2D eigenvalue weighted by atomic mass is 10.2. The van der Waals surface area contributed by atoms with Crippen molar-refractivity contribution in [2.75, 3.05) is 5.32 Å². The summed E-state index contributed by atoms with van der Waals surface area (Å²) in [6.45, 7) is 4.58. The second-order valence-electron chi connectivity index (χ2n) is 5.31. The number of nitrogens with zero attached hydrogens (tertiary/aromatic N) is 2. The number of anilines is 1. The van der Waals surface area contributed by atoms with Gasteiger partial charge in [0.25, 0.3) is 0 Å². The van der Waals surface area contributed by atoms with Crippen LogP contribution < -0.4 is 5.32 Å². The van der Waals surface area contributed by atoms with E-state index in [2.05, 4.69) is 17.3 Å². The van der Waals surface area contributed by atoms with E-state index in [9.17, 15) is 13.6 Å². The van der Waals surface area contributed by atoms with E-state index in [-0.39, 0.29) is 5.69 Å². The van der Waals surface area contributed by atoms with Gasteiger partial charge in [-0.05, 0) is 31.6 Å². The maximum atomic E-state index is 13.5. The fourth-order valence-corrected chi connectivity index (χ4v) is 2.46. The number of halogens is 3. The highest BCUT2D eigenvalue weighted by Crippen LogP contribution is 2.22. The summed E-state index contributed by atoms with van der Waals surface area (Å²) in [5.74, 6) is -2.08. The average Bonchev–Trinajstić information content (AvgIpc) is 2.80. The summed E-state index contributed by atoms with van der Waals surface area (Å²) in [6.07, 6.45) is 4.74. The van der Waals surface area contributed by atoms with Crippen LogP contribution in [0.25, 0.3) is 6.08 Å². The van der Waals surface area contributed by atoms with Gasteiger partial charge in [0.1, 0.15) is 16.8 Å². The van der Waals surface area contributed by atoms with Crippen molar-refractivity contribution < 1.29 is 13.6 Å². The molecule has 2 rings (SSSR count). The summed E-state index contributed by atoms with van der Waals surface area (Å²) in [5, 5.41) is 7.14. The van der Waals surface area contributed by atoms with Gasteiger partial charge in [-0.1, -0.05) is 24.9 Å². The monoisotopic (exact) mass is 353 g/mol. The molecule has 24 heavy (non-hydrogen) atoms. The first kappa shape index (κ1) is 18.1. The minimum Gasteiger partial charge on any atom is -0.320 e. The molecular formula is C17H18ClF2N3O. The maximum absolute atomic E-state index is 13.5. The Kier molecular flexibility index (Phi) is 6.09. The van der Waals surface area contributed by atoms with Crippen LogP contribution in [-0.4, -0.2) is 15.7 Å². The zero-order valence-electron chi connectivity index (χ0n) is 13.4. The molecule has 1 aromatic carbocycles. The molecule has 0 aliphatic carbocycles. The Morgan fingerprint density at radius 3 is 2.83 bits per heavy atom. The number of unbranched alkanes of at least 4 members (excludes halogenated alkanes) is 1. The third-order valence-electron chi connectivity index (χ3n) is 3.42. The van der Waals surface area contributed by atoms with E-state index in [0.29, 0.717) is 29.0 Å². The Labute approximate surface area is 144 Å². The molecule has 0 fully saturated rings. The van der Waals surface area contributed by atoms with Crippen LogP contribution in [0.2, 0.25) is 5.15 Å². The number of aryl methyl sites for hydroxylation is 2. The molecule has 1 N–H and O–H groups in total. The molecule has 0 saturated heterocycles. The number of amides is 1. The molecule has 2 aromatic rings. The number of rotatable bonds is 6. The number of aromatic nitrogens is 2. The van der Waals surface area contributed by atoms with Crippen LogP contribution >= 0.6 is 11.6 Å². The molecule has 0 atom stereocenters. The molecule has 0 bridgehead atoms. The van der Waals surface area contributed by atoms with Crippen LogP contribution in [0.5, 0.6) is 0 Å². The summed E-state index contributed by atoms with van der Waals surface area (Å²) in [6, 6.07) is 2.94. The molecule has 0 saturated carbocycles. The minimum absolute atomic E-state index is 0.0903. The van der Waals surface area contributed by atoms with Gasteiger partial charge in [-0.25, -0.2) is 8.78 Å².